The largest absolute Gasteiger partial charge is 0.435 e. The number of nitrogens with zero attached hydrogens (tertiary/aromatic N) is 1. The highest BCUT2D eigenvalue weighted by Crippen LogP contribution is 2.18. The molecule has 2 N–H and O–H groups in total. The van der Waals surface area contributed by atoms with Gasteiger partial charge in [-0.2, -0.15) is 0 Å². The van der Waals surface area contributed by atoms with Crippen LogP contribution in [0, 0.1) is 0 Å². The summed E-state index contributed by atoms with van der Waals surface area (Å²) in [5.41, 5.74) is 1.71. The van der Waals surface area contributed by atoms with E-state index in [4.69, 9.17) is 4.42 Å². The lowest BCUT2D eigenvalue weighted by atomic mass is 10.2. The van der Waals surface area contributed by atoms with Gasteiger partial charge in [0.1, 0.15) is 0 Å². The number of anilines is 3. The molecule has 1 aromatic heterocycles. The van der Waals surface area contributed by atoms with E-state index >= 15 is 0 Å². The van der Waals surface area contributed by atoms with Crippen LogP contribution in [0.4, 0.5) is 17.3 Å². The molecule has 2 amide bonds. The smallest absolute Gasteiger partial charge is 0.291 e. The van der Waals surface area contributed by atoms with Crippen LogP contribution in [-0.2, 0) is 4.79 Å². The number of carbonyl (C=O) groups excluding carboxylic acids is 2. The van der Waals surface area contributed by atoms with E-state index in [0.717, 1.165) is 5.69 Å². The van der Waals surface area contributed by atoms with E-state index in [1.54, 1.807) is 0 Å². The summed E-state index contributed by atoms with van der Waals surface area (Å²) in [6.45, 7) is 1.37. The minimum absolute atomic E-state index is 0.135. The number of benzene rings is 1. The van der Waals surface area contributed by atoms with Gasteiger partial charge in [-0.05, 0) is 30.3 Å². The van der Waals surface area contributed by atoms with Crippen LogP contribution in [0.1, 0.15) is 17.5 Å². The maximum atomic E-state index is 12.0. The number of amides is 2. The van der Waals surface area contributed by atoms with E-state index in [2.05, 4.69) is 10.6 Å². The Morgan fingerprint density at radius 3 is 2.24 bits per heavy atom. The second-order valence-corrected chi connectivity index (χ2v) is 4.74. The van der Waals surface area contributed by atoms with Crippen LogP contribution in [0.15, 0.2) is 40.8 Å². The fourth-order valence-corrected chi connectivity index (χ4v) is 1.74. The number of rotatable bonds is 4. The Hall–Kier alpha value is -2.76. The monoisotopic (exact) mass is 287 g/mol. The third-order valence-corrected chi connectivity index (χ3v) is 2.77. The van der Waals surface area contributed by atoms with Crippen molar-refractivity contribution < 1.29 is 14.0 Å². The number of hydrogen-bond donors (Lipinski definition) is 2. The number of carbonyl (C=O) groups is 2. The highest BCUT2D eigenvalue weighted by atomic mass is 16.4. The molecule has 0 unspecified atom stereocenters. The Bertz CT molecular complexity index is 644. The third-order valence-electron chi connectivity index (χ3n) is 2.77. The van der Waals surface area contributed by atoms with Gasteiger partial charge in [0.05, 0.1) is 0 Å². The highest BCUT2D eigenvalue weighted by Gasteiger charge is 2.12. The zero-order chi connectivity index (χ0) is 15.4. The Labute approximate surface area is 122 Å². The number of hydrogen-bond acceptors (Lipinski definition) is 4. The lowest BCUT2D eigenvalue weighted by Crippen LogP contribution is -2.12. The minimum atomic E-state index is -0.371. The standard InChI is InChI=1S/C15H17N3O3/c1-10(19)16-14-9-8-13(21-14)15(20)17-11-4-6-12(7-5-11)18(2)3/h4-9H,1-3H3,(H,16,19)(H,17,20). The number of nitrogens with one attached hydrogen (secondary N) is 2. The molecule has 0 saturated carbocycles. The van der Waals surface area contributed by atoms with Crippen LogP contribution in [0.3, 0.4) is 0 Å². The first-order valence-corrected chi connectivity index (χ1v) is 6.42. The fourth-order valence-electron chi connectivity index (χ4n) is 1.74. The molecule has 1 heterocycles. The van der Waals surface area contributed by atoms with E-state index in [-0.39, 0.29) is 23.5 Å². The summed E-state index contributed by atoms with van der Waals surface area (Å²) in [5.74, 6) is -0.245. The average Bonchev–Trinajstić information content (AvgIpc) is 2.87. The van der Waals surface area contributed by atoms with Gasteiger partial charge < -0.3 is 14.6 Å². The third kappa shape index (κ3) is 3.85. The summed E-state index contributed by atoms with van der Waals surface area (Å²) in [5, 5.41) is 5.20. The van der Waals surface area contributed by atoms with E-state index in [0.29, 0.717) is 5.69 Å². The van der Waals surface area contributed by atoms with Gasteiger partial charge >= 0.3 is 0 Å². The predicted octanol–water partition coefficient (Wildman–Crippen LogP) is 2.56. The van der Waals surface area contributed by atoms with Crippen molar-refractivity contribution in [2.24, 2.45) is 0 Å². The predicted molar refractivity (Wildman–Crippen MR) is 81.7 cm³/mol. The molecule has 0 aliphatic rings. The molecular formula is C15H17N3O3. The second-order valence-electron chi connectivity index (χ2n) is 4.74. The van der Waals surface area contributed by atoms with Gasteiger partial charge in [-0.1, -0.05) is 0 Å². The Kier molecular flexibility index (Phi) is 4.27. The Morgan fingerprint density at radius 1 is 1.00 bits per heavy atom. The normalized spacial score (nSPS) is 10.0. The Balaban J connectivity index is 2.03. The molecular weight excluding hydrogens is 270 g/mol. The molecule has 0 fully saturated rings. The molecule has 0 saturated heterocycles. The molecule has 0 radical (unpaired) electrons. The molecule has 0 atom stereocenters. The topological polar surface area (TPSA) is 74.6 Å². The van der Waals surface area contributed by atoms with Crippen LogP contribution in [0.5, 0.6) is 0 Å². The zero-order valence-corrected chi connectivity index (χ0v) is 12.1. The fraction of sp³-hybridized carbons (Fsp3) is 0.200. The van der Waals surface area contributed by atoms with Gasteiger partial charge in [-0.25, -0.2) is 0 Å². The molecule has 0 aliphatic carbocycles. The van der Waals surface area contributed by atoms with Gasteiger partial charge in [0.15, 0.2) is 11.6 Å². The van der Waals surface area contributed by atoms with Crippen LogP contribution >= 0.6 is 0 Å². The molecule has 6 nitrogen and oxygen atoms in total. The van der Waals surface area contributed by atoms with Gasteiger partial charge in [0, 0.05) is 38.5 Å². The zero-order valence-electron chi connectivity index (χ0n) is 12.1. The minimum Gasteiger partial charge on any atom is -0.435 e. The van der Waals surface area contributed by atoms with Crippen LogP contribution < -0.4 is 15.5 Å². The molecule has 21 heavy (non-hydrogen) atoms. The van der Waals surface area contributed by atoms with Gasteiger partial charge in [-0.15, -0.1) is 0 Å². The van der Waals surface area contributed by atoms with Crippen molar-refractivity contribution in [3.05, 3.63) is 42.2 Å². The van der Waals surface area contributed by atoms with Gasteiger partial charge in [-0.3, -0.25) is 14.9 Å². The lowest BCUT2D eigenvalue weighted by Gasteiger charge is -2.12. The second kappa shape index (κ2) is 6.13. The van der Waals surface area contributed by atoms with Crippen molar-refractivity contribution in [1.29, 1.82) is 0 Å². The highest BCUT2D eigenvalue weighted by molar-refractivity contribution is 6.02. The van der Waals surface area contributed by atoms with Crippen LogP contribution in [0.25, 0.3) is 0 Å². The van der Waals surface area contributed by atoms with Gasteiger partial charge in [0.25, 0.3) is 5.91 Å². The van der Waals surface area contributed by atoms with Crippen molar-refractivity contribution in [1.82, 2.24) is 0 Å². The average molecular weight is 287 g/mol. The van der Waals surface area contributed by atoms with Crippen LogP contribution in [-0.4, -0.2) is 25.9 Å². The SMILES string of the molecule is CC(=O)Nc1ccc(C(=O)Nc2ccc(N(C)C)cc2)o1. The first-order chi connectivity index (χ1) is 9.95. The van der Waals surface area contributed by atoms with Gasteiger partial charge in [0.2, 0.25) is 5.91 Å². The molecule has 0 spiro atoms. The number of furan rings is 1. The summed E-state index contributed by atoms with van der Waals surface area (Å²) < 4.78 is 5.24. The molecule has 6 heteroatoms. The maximum Gasteiger partial charge on any atom is 0.291 e. The van der Waals surface area contributed by atoms with Crippen molar-refractivity contribution in [2.75, 3.05) is 29.6 Å². The molecule has 2 rings (SSSR count). The van der Waals surface area contributed by atoms with E-state index in [9.17, 15) is 9.59 Å². The van der Waals surface area contributed by atoms with Crippen molar-refractivity contribution in [2.45, 2.75) is 6.92 Å². The van der Waals surface area contributed by atoms with E-state index in [1.165, 1.54) is 19.1 Å². The first-order valence-electron chi connectivity index (χ1n) is 6.42. The summed E-state index contributed by atoms with van der Waals surface area (Å²) in [6.07, 6.45) is 0. The molecule has 110 valence electrons. The first kappa shape index (κ1) is 14.6. The summed E-state index contributed by atoms with van der Waals surface area (Å²) in [6, 6.07) is 10.5. The Morgan fingerprint density at radius 2 is 1.67 bits per heavy atom. The lowest BCUT2D eigenvalue weighted by molar-refractivity contribution is -0.114. The summed E-state index contributed by atoms with van der Waals surface area (Å²) in [7, 11) is 3.89. The van der Waals surface area contributed by atoms with Crippen molar-refractivity contribution in [3.63, 3.8) is 0 Å². The molecule has 2 aromatic rings. The molecule has 0 aliphatic heterocycles. The maximum absolute atomic E-state index is 12.0. The van der Waals surface area contributed by atoms with E-state index in [1.807, 2.05) is 43.3 Å². The molecule has 0 bridgehead atoms. The van der Waals surface area contributed by atoms with E-state index < -0.39 is 0 Å². The summed E-state index contributed by atoms with van der Waals surface area (Å²) >= 11 is 0. The van der Waals surface area contributed by atoms with Crippen molar-refractivity contribution in [3.8, 4) is 0 Å². The molecule has 1 aromatic carbocycles. The summed E-state index contributed by atoms with van der Waals surface area (Å²) in [4.78, 5) is 24.9. The quantitative estimate of drug-likeness (QED) is 0.906. The van der Waals surface area contributed by atoms with Crippen molar-refractivity contribution >= 4 is 29.1 Å². The van der Waals surface area contributed by atoms with Crippen LogP contribution in [0.2, 0.25) is 0 Å².